The number of pyridine rings is 1. The SMILES string of the molecule is COc1ncccc1-c1c(C(=O)CS(C)(=O)=O)n(Cc2cc(F)ccc2F)c2ccc([C@H]3C[C@H]3C)cc12. The molecule has 0 amide bonds. The van der Waals surface area contributed by atoms with Crippen LogP contribution in [0.5, 0.6) is 5.88 Å². The molecule has 1 aliphatic rings. The standard InChI is InChI=1S/C28H26F2N2O4S/c1-16-11-21(16)17-6-9-24-22(13-17)26(20-5-4-10-31-28(20)36-2)27(25(33)15-37(3,34)35)32(24)14-18-12-19(29)7-8-23(18)30/h4-10,12-13,16,21H,11,14-15H2,1-3H3/t16-,21+/m1/s1. The van der Waals surface area contributed by atoms with Crippen molar-refractivity contribution in [1.82, 2.24) is 9.55 Å². The summed E-state index contributed by atoms with van der Waals surface area (Å²) in [5, 5.41) is 0.691. The first-order valence-corrected chi connectivity index (χ1v) is 13.9. The molecule has 1 saturated carbocycles. The first kappa shape index (κ1) is 25.1. The molecule has 1 aliphatic carbocycles. The van der Waals surface area contributed by atoms with E-state index < -0.39 is 33.0 Å². The van der Waals surface area contributed by atoms with Crippen LogP contribution in [0.3, 0.4) is 0 Å². The van der Waals surface area contributed by atoms with Crippen LogP contribution in [0, 0.1) is 17.6 Å². The van der Waals surface area contributed by atoms with Gasteiger partial charge in [-0.25, -0.2) is 22.2 Å². The predicted octanol–water partition coefficient (Wildman–Crippen LogP) is 5.39. The molecule has 0 bridgehead atoms. The van der Waals surface area contributed by atoms with Crippen LogP contribution in [0.2, 0.25) is 0 Å². The number of Topliss-reactive ketones (excluding diaryl/α,β-unsaturated/α-hetero) is 1. The van der Waals surface area contributed by atoms with Crippen molar-refractivity contribution in [3.63, 3.8) is 0 Å². The number of hydrogen-bond donors (Lipinski definition) is 0. The Hall–Kier alpha value is -3.59. The van der Waals surface area contributed by atoms with Gasteiger partial charge in [0.25, 0.3) is 0 Å². The van der Waals surface area contributed by atoms with E-state index in [0.29, 0.717) is 33.9 Å². The van der Waals surface area contributed by atoms with Crippen LogP contribution in [0.15, 0.2) is 54.7 Å². The molecule has 0 unspecified atom stereocenters. The normalized spacial score (nSPS) is 17.2. The van der Waals surface area contributed by atoms with E-state index in [0.717, 1.165) is 36.4 Å². The molecule has 192 valence electrons. The van der Waals surface area contributed by atoms with E-state index in [1.54, 1.807) is 22.9 Å². The number of carbonyl (C=O) groups excluding carboxylic acids is 1. The molecule has 0 aliphatic heterocycles. The lowest BCUT2D eigenvalue weighted by molar-refractivity contribution is 0.101. The van der Waals surface area contributed by atoms with Crippen LogP contribution >= 0.6 is 0 Å². The van der Waals surface area contributed by atoms with Crippen LogP contribution in [-0.2, 0) is 16.4 Å². The highest BCUT2D eigenvalue weighted by Crippen LogP contribution is 2.49. The summed E-state index contributed by atoms with van der Waals surface area (Å²) in [7, 11) is -2.23. The van der Waals surface area contributed by atoms with Gasteiger partial charge in [0.1, 0.15) is 17.4 Å². The van der Waals surface area contributed by atoms with E-state index in [1.165, 1.54) is 7.11 Å². The molecule has 2 atom stereocenters. The Kier molecular flexibility index (Phi) is 6.35. The quantitative estimate of drug-likeness (QED) is 0.289. The van der Waals surface area contributed by atoms with Gasteiger partial charge in [0.15, 0.2) is 15.6 Å². The largest absolute Gasteiger partial charge is 0.481 e. The van der Waals surface area contributed by atoms with E-state index in [2.05, 4.69) is 11.9 Å². The lowest BCUT2D eigenvalue weighted by Crippen LogP contribution is -2.20. The number of halogens is 2. The van der Waals surface area contributed by atoms with Gasteiger partial charge in [-0.15, -0.1) is 0 Å². The van der Waals surface area contributed by atoms with Gasteiger partial charge in [-0.2, -0.15) is 0 Å². The minimum Gasteiger partial charge on any atom is -0.481 e. The Balaban J connectivity index is 1.85. The van der Waals surface area contributed by atoms with Crippen LogP contribution in [0.1, 0.15) is 40.9 Å². The predicted molar refractivity (Wildman–Crippen MR) is 138 cm³/mol. The summed E-state index contributed by atoms with van der Waals surface area (Å²) in [6, 6.07) is 12.4. The summed E-state index contributed by atoms with van der Waals surface area (Å²) < 4.78 is 60.2. The molecular formula is C28H26F2N2O4S. The number of hydrogen-bond acceptors (Lipinski definition) is 5. The summed E-state index contributed by atoms with van der Waals surface area (Å²) in [5.74, 6) is -1.47. The van der Waals surface area contributed by atoms with Crippen molar-refractivity contribution in [2.24, 2.45) is 5.92 Å². The van der Waals surface area contributed by atoms with E-state index >= 15 is 0 Å². The van der Waals surface area contributed by atoms with Crippen molar-refractivity contribution >= 4 is 26.5 Å². The third-order valence-electron chi connectivity index (χ3n) is 6.85. The smallest absolute Gasteiger partial charge is 0.221 e. The second-order valence-electron chi connectivity index (χ2n) is 9.70. The maximum atomic E-state index is 14.7. The molecule has 37 heavy (non-hydrogen) atoms. The Morgan fingerprint density at radius 2 is 1.92 bits per heavy atom. The molecule has 5 rings (SSSR count). The summed E-state index contributed by atoms with van der Waals surface area (Å²) in [6.07, 6.45) is 3.59. The summed E-state index contributed by atoms with van der Waals surface area (Å²) in [5.41, 5.74) is 2.77. The number of aromatic nitrogens is 2. The monoisotopic (exact) mass is 524 g/mol. The van der Waals surface area contributed by atoms with Crippen molar-refractivity contribution in [2.75, 3.05) is 19.1 Å². The number of rotatable bonds is 8. The van der Waals surface area contributed by atoms with E-state index in [1.807, 2.05) is 18.2 Å². The lowest BCUT2D eigenvalue weighted by Gasteiger charge is -2.13. The van der Waals surface area contributed by atoms with Crippen LogP contribution in [0.25, 0.3) is 22.0 Å². The van der Waals surface area contributed by atoms with Crippen LogP contribution in [0.4, 0.5) is 8.78 Å². The van der Waals surface area contributed by atoms with Gasteiger partial charge < -0.3 is 9.30 Å². The third-order valence-corrected chi connectivity index (χ3v) is 7.64. The molecule has 0 spiro atoms. The maximum Gasteiger partial charge on any atom is 0.221 e. The third kappa shape index (κ3) is 4.87. The van der Waals surface area contributed by atoms with Gasteiger partial charge in [0.2, 0.25) is 5.88 Å². The number of carbonyl (C=O) groups is 1. The highest BCUT2D eigenvalue weighted by molar-refractivity contribution is 7.91. The summed E-state index contributed by atoms with van der Waals surface area (Å²) in [6.45, 7) is 1.99. The average Bonchev–Trinajstić information content (AvgIpc) is 3.49. The highest BCUT2D eigenvalue weighted by Gasteiger charge is 2.35. The number of ketones is 1. The number of ether oxygens (including phenoxy) is 1. The minimum absolute atomic E-state index is 0.0369. The topological polar surface area (TPSA) is 78.3 Å². The zero-order chi connectivity index (χ0) is 26.5. The first-order valence-electron chi connectivity index (χ1n) is 11.9. The van der Waals surface area contributed by atoms with Crippen LogP contribution in [-0.4, -0.2) is 42.9 Å². The van der Waals surface area contributed by atoms with Crippen molar-refractivity contribution in [2.45, 2.75) is 25.8 Å². The molecule has 0 N–H and O–H groups in total. The Bertz CT molecular complexity index is 1650. The van der Waals surface area contributed by atoms with Crippen LogP contribution < -0.4 is 4.74 Å². The molecule has 6 nitrogen and oxygen atoms in total. The van der Waals surface area contributed by atoms with Gasteiger partial charge in [-0.05, 0) is 66.3 Å². The molecule has 2 heterocycles. The molecule has 4 aromatic rings. The van der Waals surface area contributed by atoms with Gasteiger partial charge in [-0.1, -0.05) is 13.0 Å². The lowest BCUT2D eigenvalue weighted by atomic mass is 9.98. The van der Waals surface area contributed by atoms with Gasteiger partial charge >= 0.3 is 0 Å². The molecule has 2 aromatic carbocycles. The van der Waals surface area contributed by atoms with E-state index in [4.69, 9.17) is 4.74 Å². The number of benzene rings is 2. The van der Waals surface area contributed by atoms with E-state index in [9.17, 15) is 22.0 Å². The molecule has 9 heteroatoms. The second-order valence-corrected chi connectivity index (χ2v) is 11.8. The zero-order valence-corrected chi connectivity index (χ0v) is 21.5. The Morgan fingerprint density at radius 3 is 2.59 bits per heavy atom. The fourth-order valence-corrected chi connectivity index (χ4v) is 5.61. The molecule has 2 aromatic heterocycles. The zero-order valence-electron chi connectivity index (χ0n) is 20.7. The number of methoxy groups -OCH3 is 1. The fraction of sp³-hybridized carbons (Fsp3) is 0.286. The maximum absolute atomic E-state index is 14.7. The molecule has 1 fully saturated rings. The Labute approximate surface area is 213 Å². The summed E-state index contributed by atoms with van der Waals surface area (Å²) >= 11 is 0. The van der Waals surface area contributed by atoms with Crippen molar-refractivity contribution in [3.8, 4) is 17.0 Å². The summed E-state index contributed by atoms with van der Waals surface area (Å²) in [4.78, 5) is 17.9. The Morgan fingerprint density at radius 1 is 1.16 bits per heavy atom. The fourth-order valence-electron chi connectivity index (χ4n) is 5.00. The van der Waals surface area contributed by atoms with E-state index in [-0.39, 0.29) is 23.7 Å². The second kappa shape index (κ2) is 9.37. The van der Waals surface area contributed by atoms with Crippen molar-refractivity contribution in [3.05, 3.63) is 83.2 Å². The minimum atomic E-state index is -3.69. The van der Waals surface area contributed by atoms with Gasteiger partial charge in [-0.3, -0.25) is 4.79 Å². The van der Waals surface area contributed by atoms with Crippen molar-refractivity contribution < 1.29 is 26.7 Å². The number of sulfone groups is 1. The average molecular weight is 525 g/mol. The van der Waals surface area contributed by atoms with Gasteiger partial charge in [0.05, 0.1) is 19.3 Å². The number of nitrogens with zero attached hydrogens (tertiary/aromatic N) is 2. The van der Waals surface area contributed by atoms with Gasteiger partial charge in [0, 0.05) is 40.0 Å². The molecule has 0 radical (unpaired) electrons. The van der Waals surface area contributed by atoms with Crippen molar-refractivity contribution in [1.29, 1.82) is 0 Å². The molecule has 0 saturated heterocycles. The highest BCUT2D eigenvalue weighted by atomic mass is 32.2. The number of fused-ring (bicyclic) bond motifs is 1. The first-order chi connectivity index (χ1) is 17.6. The molecular weight excluding hydrogens is 498 g/mol.